The van der Waals surface area contributed by atoms with E-state index in [0.717, 1.165) is 32.9 Å². The van der Waals surface area contributed by atoms with Crippen molar-refractivity contribution < 1.29 is 4.42 Å². The fourth-order valence-electron chi connectivity index (χ4n) is 6.17. The Morgan fingerprint density at radius 1 is 0.405 bits per heavy atom. The van der Waals surface area contributed by atoms with Crippen LogP contribution in [0.4, 0.5) is 0 Å². The number of furan rings is 1. The van der Waals surface area contributed by atoms with Crippen molar-refractivity contribution in [2.24, 2.45) is 0 Å². The summed E-state index contributed by atoms with van der Waals surface area (Å²) in [6, 6.07) is 45.5. The van der Waals surface area contributed by atoms with Crippen LogP contribution in [0, 0.1) is 34.6 Å². The van der Waals surface area contributed by atoms with Gasteiger partial charge in [-0.2, -0.15) is 0 Å². The minimum atomic E-state index is 0.912. The van der Waals surface area contributed by atoms with Crippen molar-refractivity contribution in [3.8, 4) is 22.3 Å². The zero-order valence-corrected chi connectivity index (χ0v) is 25.0. The molecule has 0 amide bonds. The molecule has 0 radical (unpaired) electrons. The zero-order chi connectivity index (χ0) is 29.2. The lowest BCUT2D eigenvalue weighted by molar-refractivity contribution is 0.673. The van der Waals surface area contributed by atoms with Crippen molar-refractivity contribution in [1.82, 2.24) is 0 Å². The lowest BCUT2D eigenvalue weighted by atomic mass is 9.96. The van der Waals surface area contributed by atoms with Crippen LogP contribution in [-0.2, 0) is 0 Å². The summed E-state index contributed by atoms with van der Waals surface area (Å²) >= 11 is 0. The van der Waals surface area contributed by atoms with Gasteiger partial charge in [0.15, 0.2) is 0 Å². The molecule has 5 aromatic carbocycles. The van der Waals surface area contributed by atoms with Gasteiger partial charge in [0, 0.05) is 16.2 Å². The van der Waals surface area contributed by atoms with E-state index in [9.17, 15) is 0 Å². The van der Waals surface area contributed by atoms with Crippen LogP contribution in [0.2, 0.25) is 0 Å². The van der Waals surface area contributed by atoms with Crippen molar-refractivity contribution >= 4 is 32.7 Å². The summed E-state index contributed by atoms with van der Waals surface area (Å²) in [5.41, 5.74) is 12.8. The second-order valence-electron chi connectivity index (χ2n) is 11.3. The molecule has 0 fully saturated rings. The largest absolute Gasteiger partial charge is 0.455 e. The van der Waals surface area contributed by atoms with Gasteiger partial charge in [-0.25, -0.2) is 0 Å². The van der Waals surface area contributed by atoms with Crippen LogP contribution in [0.1, 0.15) is 27.8 Å². The predicted molar refractivity (Wildman–Crippen MR) is 181 cm³/mol. The summed E-state index contributed by atoms with van der Waals surface area (Å²) in [6.45, 7) is 11.0. The molecule has 0 saturated heterocycles. The highest BCUT2D eigenvalue weighted by atomic mass is 16.3. The molecular weight excluding hydrogens is 508 g/mol. The van der Waals surface area contributed by atoms with Gasteiger partial charge in [0.2, 0.25) is 0 Å². The van der Waals surface area contributed by atoms with Crippen molar-refractivity contribution in [2.45, 2.75) is 34.6 Å². The molecule has 0 aliphatic carbocycles. The third kappa shape index (κ3) is 5.27. The van der Waals surface area contributed by atoms with Crippen LogP contribution in [0.25, 0.3) is 55.0 Å². The molecule has 0 unspecified atom stereocenters. The Bertz CT molecular complexity index is 2080. The molecule has 0 aliphatic heterocycles. The van der Waals surface area contributed by atoms with Gasteiger partial charge in [0.1, 0.15) is 11.2 Å². The molecule has 206 valence electrons. The maximum Gasteiger partial charge on any atom is 0.143 e. The molecule has 0 bridgehead atoms. The minimum Gasteiger partial charge on any atom is -0.455 e. The highest BCUT2D eigenvalue weighted by molar-refractivity contribution is 6.15. The first-order valence-electron chi connectivity index (χ1n) is 14.6. The first kappa shape index (κ1) is 27.3. The first-order valence-corrected chi connectivity index (χ1v) is 14.6. The van der Waals surface area contributed by atoms with Crippen LogP contribution in [0.15, 0.2) is 132 Å². The van der Waals surface area contributed by atoms with Gasteiger partial charge in [-0.1, -0.05) is 115 Å². The van der Waals surface area contributed by atoms with Crippen LogP contribution in [0.5, 0.6) is 0 Å². The summed E-state index contributed by atoms with van der Waals surface area (Å²) in [6.07, 6.45) is 0. The highest BCUT2D eigenvalue weighted by Gasteiger charge is 2.12. The average Bonchev–Trinajstić information content (AvgIpc) is 3.37. The van der Waals surface area contributed by atoms with Crippen LogP contribution in [-0.4, -0.2) is 0 Å². The fourth-order valence-corrected chi connectivity index (χ4v) is 6.17. The van der Waals surface area contributed by atoms with Crippen molar-refractivity contribution in [3.05, 3.63) is 155 Å². The average molecular weight is 545 g/mol. The van der Waals surface area contributed by atoms with E-state index < -0.39 is 0 Å². The van der Waals surface area contributed by atoms with Crippen molar-refractivity contribution in [2.75, 3.05) is 0 Å². The lowest BCUT2D eigenvalue weighted by Crippen LogP contribution is -1.86. The second kappa shape index (κ2) is 11.5. The fraction of sp³-hybridized carbons (Fsp3) is 0.122. The van der Waals surface area contributed by atoms with E-state index in [0.29, 0.717) is 0 Å². The molecule has 0 N–H and O–H groups in total. The molecule has 0 spiro atoms. The Morgan fingerprint density at radius 2 is 1.02 bits per heavy atom. The summed E-state index contributed by atoms with van der Waals surface area (Å²) in [5, 5.41) is 4.64. The minimum absolute atomic E-state index is 0.912. The Kier molecular flexibility index (Phi) is 7.50. The third-order valence-corrected chi connectivity index (χ3v) is 8.14. The maximum atomic E-state index is 6.53. The second-order valence-corrected chi connectivity index (χ2v) is 11.3. The summed E-state index contributed by atoms with van der Waals surface area (Å²) in [7, 11) is 0. The number of hydrogen-bond donors (Lipinski definition) is 0. The van der Waals surface area contributed by atoms with Gasteiger partial charge in [-0.3, -0.25) is 0 Å². The number of hydrogen-bond acceptors (Lipinski definition) is 1. The Hall–Kier alpha value is -4.88. The topological polar surface area (TPSA) is 13.1 Å². The third-order valence-electron chi connectivity index (χ3n) is 8.14. The van der Waals surface area contributed by atoms with Gasteiger partial charge < -0.3 is 4.42 Å². The van der Waals surface area contributed by atoms with Gasteiger partial charge in [-0.05, 0) is 103 Å². The van der Waals surface area contributed by atoms with E-state index in [1.54, 1.807) is 0 Å². The van der Waals surface area contributed by atoms with Gasteiger partial charge in [-0.15, -0.1) is 0 Å². The van der Waals surface area contributed by atoms with Gasteiger partial charge in [0.05, 0.1) is 0 Å². The smallest absolute Gasteiger partial charge is 0.143 e. The number of benzene rings is 4. The Labute approximate surface area is 248 Å². The normalized spacial score (nSPS) is 11.0. The van der Waals surface area contributed by atoms with Crippen molar-refractivity contribution in [1.29, 1.82) is 0 Å². The molecule has 1 aromatic heterocycles. The standard InChI is InChI=1S/C41H36O/c1-27-19-20-30(4)39(28(2)13-9-10-14-29(3)40(31(5)25-27)33-16-7-6-8-17-33)34-22-23-36-37-24-21-32-15-11-12-18-35(32)41(37)42-38(36)26-34/h6-26H,1-5H3. The predicted octanol–water partition coefficient (Wildman–Crippen LogP) is 11.9. The summed E-state index contributed by atoms with van der Waals surface area (Å²) in [4.78, 5) is 0. The monoisotopic (exact) mass is 544 g/mol. The molecule has 1 nitrogen and oxygen atoms in total. The van der Waals surface area contributed by atoms with E-state index in [1.807, 2.05) is 0 Å². The molecule has 0 aliphatic rings. The Balaban J connectivity index is 1.56. The van der Waals surface area contributed by atoms with Crippen LogP contribution < -0.4 is 0 Å². The van der Waals surface area contributed by atoms with E-state index >= 15 is 0 Å². The van der Waals surface area contributed by atoms with E-state index in [2.05, 4.69) is 162 Å². The zero-order valence-electron chi connectivity index (χ0n) is 25.0. The molecule has 6 aromatic rings. The van der Waals surface area contributed by atoms with E-state index in [-0.39, 0.29) is 0 Å². The first-order chi connectivity index (χ1) is 20.4. The highest BCUT2D eigenvalue weighted by Crippen LogP contribution is 2.37. The van der Waals surface area contributed by atoms with Crippen LogP contribution in [0.3, 0.4) is 0 Å². The van der Waals surface area contributed by atoms with Crippen molar-refractivity contribution in [3.63, 3.8) is 0 Å². The lowest BCUT2D eigenvalue weighted by Gasteiger charge is -2.09. The molecule has 0 atom stereocenters. The molecular formula is C41H36O. The molecule has 1 heteroatoms. The molecule has 0 saturated carbocycles. The van der Waals surface area contributed by atoms with Crippen LogP contribution >= 0.6 is 0 Å². The number of aryl methyl sites for hydroxylation is 5. The SMILES string of the molecule is Cc1ccc(C)c(-c2ccc3c(c2)oc2c4ccccc4ccc32)c(C)ccccc(C)c(-c2ccccc2)c(C)c1. The summed E-state index contributed by atoms with van der Waals surface area (Å²) in [5.74, 6) is 0. The van der Waals surface area contributed by atoms with E-state index in [1.165, 1.54) is 49.9 Å². The van der Waals surface area contributed by atoms with Gasteiger partial charge in [0.25, 0.3) is 0 Å². The molecule has 42 heavy (non-hydrogen) atoms. The van der Waals surface area contributed by atoms with Gasteiger partial charge >= 0.3 is 0 Å². The molecule has 1 heterocycles. The molecule has 6 rings (SSSR count). The Morgan fingerprint density at radius 3 is 1.79 bits per heavy atom. The number of fused-ring (bicyclic) bond motifs is 5. The van der Waals surface area contributed by atoms with E-state index in [4.69, 9.17) is 4.42 Å². The number of rotatable bonds is 2. The maximum absolute atomic E-state index is 6.53. The summed E-state index contributed by atoms with van der Waals surface area (Å²) < 4.78 is 6.53. The quantitative estimate of drug-likeness (QED) is 0.211.